The fourth-order valence-corrected chi connectivity index (χ4v) is 2.59. The van der Waals surface area contributed by atoms with Gasteiger partial charge in [0.25, 0.3) is 0 Å². The van der Waals surface area contributed by atoms with E-state index in [9.17, 15) is 4.79 Å². The lowest BCUT2D eigenvalue weighted by atomic mass is 10.1. The number of rotatable bonds is 5. The van der Waals surface area contributed by atoms with Gasteiger partial charge in [0.05, 0.1) is 16.1 Å². The van der Waals surface area contributed by atoms with Crippen LogP contribution in [0.25, 0.3) is 0 Å². The zero-order chi connectivity index (χ0) is 13.0. The molecule has 18 heavy (non-hydrogen) atoms. The summed E-state index contributed by atoms with van der Waals surface area (Å²) in [6.07, 6.45) is 6.19. The first-order valence-corrected chi connectivity index (χ1v) is 6.88. The number of carbonyl (C=O) groups is 1. The maximum Gasteiger partial charge on any atom is 0.182 e. The number of pyridine rings is 1. The standard InChI is InChI=1S/C13H15Cl2NO2/c14-9-7-11(15)13(16-8-9)12(17)5-1-3-10-4-2-6-18-10/h7-8,10H,1-6H2. The van der Waals surface area contributed by atoms with E-state index in [4.69, 9.17) is 27.9 Å². The van der Waals surface area contributed by atoms with Gasteiger partial charge in [0.15, 0.2) is 5.78 Å². The third kappa shape index (κ3) is 3.67. The summed E-state index contributed by atoms with van der Waals surface area (Å²) in [6.45, 7) is 0.850. The lowest BCUT2D eigenvalue weighted by molar-refractivity contribution is 0.0919. The van der Waals surface area contributed by atoms with Gasteiger partial charge < -0.3 is 4.74 Å². The van der Waals surface area contributed by atoms with E-state index in [-0.39, 0.29) is 5.78 Å². The van der Waals surface area contributed by atoms with Gasteiger partial charge in [-0.05, 0) is 31.7 Å². The first-order valence-electron chi connectivity index (χ1n) is 6.12. The molecule has 0 aromatic carbocycles. The molecule has 1 aliphatic rings. The van der Waals surface area contributed by atoms with Crippen molar-refractivity contribution in [3.05, 3.63) is 28.0 Å². The highest BCUT2D eigenvalue weighted by Gasteiger charge is 2.17. The zero-order valence-electron chi connectivity index (χ0n) is 9.99. The molecular formula is C13H15Cl2NO2. The second-order valence-electron chi connectivity index (χ2n) is 4.43. The predicted octanol–water partition coefficient (Wildman–Crippen LogP) is 3.92. The Morgan fingerprint density at radius 1 is 1.50 bits per heavy atom. The van der Waals surface area contributed by atoms with Crippen molar-refractivity contribution in [2.75, 3.05) is 6.61 Å². The first-order chi connectivity index (χ1) is 8.66. The Balaban J connectivity index is 1.83. The monoisotopic (exact) mass is 287 g/mol. The van der Waals surface area contributed by atoms with Gasteiger partial charge in [-0.2, -0.15) is 0 Å². The highest BCUT2D eigenvalue weighted by atomic mass is 35.5. The number of halogens is 2. The van der Waals surface area contributed by atoms with Crippen LogP contribution in [0.3, 0.4) is 0 Å². The van der Waals surface area contributed by atoms with Crippen LogP contribution >= 0.6 is 23.2 Å². The van der Waals surface area contributed by atoms with Gasteiger partial charge in [0.2, 0.25) is 0 Å². The number of ketones is 1. The highest BCUT2D eigenvalue weighted by Crippen LogP contribution is 2.22. The van der Waals surface area contributed by atoms with E-state index in [1.54, 1.807) is 6.07 Å². The summed E-state index contributed by atoms with van der Waals surface area (Å²) >= 11 is 11.7. The van der Waals surface area contributed by atoms with Gasteiger partial charge in [-0.15, -0.1) is 0 Å². The molecule has 0 spiro atoms. The number of hydrogen-bond donors (Lipinski definition) is 0. The number of Topliss-reactive ketones (excluding diaryl/α,β-unsaturated/α-hetero) is 1. The van der Waals surface area contributed by atoms with Crippen LogP contribution in [0.15, 0.2) is 12.3 Å². The second kappa shape index (κ2) is 6.50. The maximum absolute atomic E-state index is 11.9. The van der Waals surface area contributed by atoms with Crippen LogP contribution in [0.2, 0.25) is 10.0 Å². The van der Waals surface area contributed by atoms with E-state index in [2.05, 4.69) is 4.98 Å². The molecule has 1 aromatic rings. The van der Waals surface area contributed by atoms with Gasteiger partial charge in [0, 0.05) is 19.2 Å². The Bertz CT molecular complexity index is 431. The van der Waals surface area contributed by atoms with E-state index in [0.717, 1.165) is 32.3 Å². The highest BCUT2D eigenvalue weighted by molar-refractivity contribution is 6.36. The molecule has 5 heteroatoms. The van der Waals surface area contributed by atoms with Gasteiger partial charge >= 0.3 is 0 Å². The molecule has 0 amide bonds. The van der Waals surface area contributed by atoms with Crippen molar-refractivity contribution in [3.63, 3.8) is 0 Å². The third-order valence-electron chi connectivity index (χ3n) is 3.03. The van der Waals surface area contributed by atoms with Gasteiger partial charge in [-0.1, -0.05) is 23.2 Å². The van der Waals surface area contributed by atoms with Gasteiger partial charge in [0.1, 0.15) is 5.69 Å². The summed E-state index contributed by atoms with van der Waals surface area (Å²) in [5.74, 6) is -0.0327. The van der Waals surface area contributed by atoms with Crippen LogP contribution in [-0.2, 0) is 4.74 Å². The lowest BCUT2D eigenvalue weighted by Gasteiger charge is -2.08. The SMILES string of the molecule is O=C(CCCC1CCCO1)c1ncc(Cl)cc1Cl. The van der Waals surface area contributed by atoms with Gasteiger partial charge in [-0.25, -0.2) is 0 Å². The maximum atomic E-state index is 11.9. The fraction of sp³-hybridized carbons (Fsp3) is 0.538. The summed E-state index contributed by atoms with van der Waals surface area (Å²) < 4.78 is 5.51. The van der Waals surface area contributed by atoms with Crippen LogP contribution in [0.4, 0.5) is 0 Å². The average molecular weight is 288 g/mol. The molecule has 0 radical (unpaired) electrons. The Morgan fingerprint density at radius 3 is 3.00 bits per heavy atom. The van der Waals surface area contributed by atoms with E-state index < -0.39 is 0 Å². The summed E-state index contributed by atoms with van der Waals surface area (Å²) in [5, 5.41) is 0.764. The minimum Gasteiger partial charge on any atom is -0.378 e. The van der Waals surface area contributed by atoms with Crippen LogP contribution in [0, 0.1) is 0 Å². The molecular weight excluding hydrogens is 273 g/mol. The molecule has 2 rings (SSSR count). The summed E-state index contributed by atoms with van der Waals surface area (Å²) in [7, 11) is 0. The predicted molar refractivity (Wildman–Crippen MR) is 71.4 cm³/mol. The van der Waals surface area contributed by atoms with Crippen LogP contribution < -0.4 is 0 Å². The molecule has 1 aliphatic heterocycles. The smallest absolute Gasteiger partial charge is 0.182 e. The van der Waals surface area contributed by atoms with Gasteiger partial charge in [-0.3, -0.25) is 9.78 Å². The molecule has 0 N–H and O–H groups in total. The molecule has 1 fully saturated rings. The molecule has 1 atom stereocenters. The number of hydrogen-bond acceptors (Lipinski definition) is 3. The lowest BCUT2D eigenvalue weighted by Crippen LogP contribution is -2.08. The molecule has 98 valence electrons. The van der Waals surface area contributed by atoms with Crippen LogP contribution in [0.1, 0.15) is 42.6 Å². The number of nitrogens with zero attached hydrogens (tertiary/aromatic N) is 1. The third-order valence-corrected chi connectivity index (χ3v) is 3.52. The minimum absolute atomic E-state index is 0.0327. The van der Waals surface area contributed by atoms with Crippen molar-refractivity contribution in [2.24, 2.45) is 0 Å². The normalized spacial score (nSPS) is 19.1. The molecule has 1 aromatic heterocycles. The largest absolute Gasteiger partial charge is 0.378 e. The van der Waals surface area contributed by atoms with Crippen molar-refractivity contribution in [2.45, 2.75) is 38.2 Å². The van der Waals surface area contributed by atoms with E-state index in [1.165, 1.54) is 6.20 Å². The average Bonchev–Trinajstić information content (AvgIpc) is 2.81. The van der Waals surface area contributed by atoms with Crippen LogP contribution in [-0.4, -0.2) is 23.5 Å². The Kier molecular flexibility index (Phi) is 4.98. The van der Waals surface area contributed by atoms with E-state index in [0.29, 0.717) is 28.3 Å². The van der Waals surface area contributed by atoms with Crippen molar-refractivity contribution < 1.29 is 9.53 Å². The molecule has 0 aliphatic carbocycles. The van der Waals surface area contributed by atoms with Crippen molar-refractivity contribution in [1.29, 1.82) is 0 Å². The second-order valence-corrected chi connectivity index (χ2v) is 5.28. The first kappa shape index (κ1) is 13.8. The zero-order valence-corrected chi connectivity index (χ0v) is 11.5. The van der Waals surface area contributed by atoms with E-state index >= 15 is 0 Å². The Hall–Kier alpha value is -0.640. The summed E-state index contributed by atoms with van der Waals surface area (Å²) in [5.41, 5.74) is 0.313. The topological polar surface area (TPSA) is 39.2 Å². The van der Waals surface area contributed by atoms with Crippen molar-refractivity contribution in [1.82, 2.24) is 4.98 Å². The number of aromatic nitrogens is 1. The quantitative estimate of drug-likeness (QED) is 0.771. The molecule has 0 bridgehead atoms. The Morgan fingerprint density at radius 2 is 2.33 bits per heavy atom. The molecule has 0 saturated carbocycles. The van der Waals surface area contributed by atoms with Crippen LogP contribution in [0.5, 0.6) is 0 Å². The molecule has 2 heterocycles. The molecule has 3 nitrogen and oxygen atoms in total. The summed E-state index contributed by atoms with van der Waals surface area (Å²) in [6, 6.07) is 1.55. The Labute approximate surface area is 116 Å². The number of carbonyl (C=O) groups excluding carboxylic acids is 1. The van der Waals surface area contributed by atoms with Crippen molar-refractivity contribution >= 4 is 29.0 Å². The molecule has 1 unspecified atom stereocenters. The minimum atomic E-state index is -0.0327. The number of ether oxygens (including phenoxy) is 1. The fourth-order valence-electron chi connectivity index (χ4n) is 2.10. The van der Waals surface area contributed by atoms with Crippen molar-refractivity contribution in [3.8, 4) is 0 Å². The van der Waals surface area contributed by atoms with E-state index in [1.807, 2.05) is 0 Å². The molecule has 1 saturated heterocycles. The summed E-state index contributed by atoms with van der Waals surface area (Å²) in [4.78, 5) is 15.9.